The molecule has 1 heterocycles. The second-order valence-electron chi connectivity index (χ2n) is 4.03. The van der Waals surface area contributed by atoms with Crippen molar-refractivity contribution >= 4 is 26.7 Å². The monoisotopic (exact) mass is 301 g/mol. The van der Waals surface area contributed by atoms with E-state index in [0.717, 1.165) is 20.8 Å². The van der Waals surface area contributed by atoms with Crippen LogP contribution < -0.4 is 0 Å². The fraction of sp³-hybridized carbons (Fsp3) is 0. The molecule has 0 radical (unpaired) electrons. The highest BCUT2D eigenvalue weighted by atomic mass is 79.9. The van der Waals surface area contributed by atoms with E-state index in [4.69, 9.17) is 0 Å². The highest BCUT2D eigenvalue weighted by Crippen LogP contribution is 2.30. The van der Waals surface area contributed by atoms with Gasteiger partial charge in [-0.25, -0.2) is 4.39 Å². The topological polar surface area (TPSA) is 12.9 Å². The van der Waals surface area contributed by atoms with Gasteiger partial charge < -0.3 is 0 Å². The first kappa shape index (κ1) is 11.4. The van der Waals surface area contributed by atoms with Crippen LogP contribution in [0.3, 0.4) is 0 Å². The third-order valence-corrected chi connectivity index (χ3v) is 3.38. The maximum atomic E-state index is 14.0. The third kappa shape index (κ3) is 1.91. The summed E-state index contributed by atoms with van der Waals surface area (Å²) in [6, 6.07) is 12.9. The van der Waals surface area contributed by atoms with Crippen LogP contribution in [0.5, 0.6) is 0 Å². The van der Waals surface area contributed by atoms with Crippen LogP contribution in [0.2, 0.25) is 0 Å². The molecule has 0 N–H and O–H groups in total. The van der Waals surface area contributed by atoms with Gasteiger partial charge in [-0.1, -0.05) is 46.3 Å². The van der Waals surface area contributed by atoms with E-state index in [0.29, 0.717) is 5.56 Å². The minimum absolute atomic E-state index is 0.248. The number of hydrogen-bond acceptors (Lipinski definition) is 1. The lowest BCUT2D eigenvalue weighted by atomic mass is 10.0. The molecule has 2 aromatic carbocycles. The average Bonchev–Trinajstić information content (AvgIpc) is 2.38. The van der Waals surface area contributed by atoms with Crippen molar-refractivity contribution in [2.24, 2.45) is 0 Å². The molecule has 3 heteroatoms. The molecule has 0 fully saturated rings. The SMILES string of the molecule is Fc1cc(Br)ccc1-c1cncc2ccccc12. The van der Waals surface area contributed by atoms with Gasteiger partial charge in [0.05, 0.1) is 0 Å². The van der Waals surface area contributed by atoms with E-state index in [1.54, 1.807) is 18.5 Å². The first-order chi connectivity index (χ1) is 8.75. The number of hydrogen-bond donors (Lipinski definition) is 0. The van der Waals surface area contributed by atoms with Crippen molar-refractivity contribution in [3.05, 3.63) is 65.1 Å². The third-order valence-electron chi connectivity index (χ3n) is 2.89. The summed E-state index contributed by atoms with van der Waals surface area (Å²) in [7, 11) is 0. The normalized spacial score (nSPS) is 10.8. The van der Waals surface area contributed by atoms with E-state index in [2.05, 4.69) is 20.9 Å². The van der Waals surface area contributed by atoms with Crippen molar-refractivity contribution in [2.75, 3.05) is 0 Å². The summed E-state index contributed by atoms with van der Waals surface area (Å²) in [5.41, 5.74) is 1.39. The minimum atomic E-state index is -0.248. The largest absolute Gasteiger partial charge is 0.263 e. The Hall–Kier alpha value is -1.74. The number of pyridine rings is 1. The van der Waals surface area contributed by atoms with Crippen LogP contribution in [0.15, 0.2) is 59.3 Å². The second-order valence-corrected chi connectivity index (χ2v) is 4.95. The molecule has 0 atom stereocenters. The minimum Gasteiger partial charge on any atom is -0.263 e. The maximum Gasteiger partial charge on any atom is 0.132 e. The molecular formula is C15H9BrFN. The highest BCUT2D eigenvalue weighted by molar-refractivity contribution is 9.10. The molecule has 18 heavy (non-hydrogen) atoms. The predicted molar refractivity (Wildman–Crippen MR) is 74.8 cm³/mol. The van der Waals surface area contributed by atoms with Gasteiger partial charge in [-0.15, -0.1) is 0 Å². The molecule has 0 aliphatic rings. The molecule has 1 nitrogen and oxygen atoms in total. The van der Waals surface area contributed by atoms with Crippen LogP contribution in [-0.4, -0.2) is 4.98 Å². The molecular weight excluding hydrogens is 293 g/mol. The van der Waals surface area contributed by atoms with Gasteiger partial charge >= 0.3 is 0 Å². The fourth-order valence-electron chi connectivity index (χ4n) is 2.04. The van der Waals surface area contributed by atoms with Crippen LogP contribution >= 0.6 is 15.9 Å². The fourth-order valence-corrected chi connectivity index (χ4v) is 2.37. The van der Waals surface area contributed by atoms with Gasteiger partial charge in [0.1, 0.15) is 5.82 Å². The first-order valence-corrected chi connectivity index (χ1v) is 6.33. The number of benzene rings is 2. The van der Waals surface area contributed by atoms with Crippen molar-refractivity contribution in [3.63, 3.8) is 0 Å². The van der Waals surface area contributed by atoms with Gasteiger partial charge in [0.25, 0.3) is 0 Å². The van der Waals surface area contributed by atoms with E-state index in [-0.39, 0.29) is 5.82 Å². The lowest BCUT2D eigenvalue weighted by Gasteiger charge is -2.07. The zero-order valence-electron chi connectivity index (χ0n) is 9.40. The van der Waals surface area contributed by atoms with E-state index < -0.39 is 0 Å². The van der Waals surface area contributed by atoms with Crippen molar-refractivity contribution in [2.45, 2.75) is 0 Å². The number of rotatable bonds is 1. The van der Waals surface area contributed by atoms with Gasteiger partial charge in [-0.2, -0.15) is 0 Å². The average molecular weight is 302 g/mol. The first-order valence-electron chi connectivity index (χ1n) is 5.54. The van der Waals surface area contributed by atoms with Crippen molar-refractivity contribution in [1.82, 2.24) is 4.98 Å². The van der Waals surface area contributed by atoms with Gasteiger partial charge in [0.2, 0.25) is 0 Å². The Morgan fingerprint density at radius 1 is 0.944 bits per heavy atom. The number of fused-ring (bicyclic) bond motifs is 1. The molecule has 0 aliphatic carbocycles. The Balaban J connectivity index is 2.31. The number of nitrogens with zero attached hydrogens (tertiary/aromatic N) is 1. The summed E-state index contributed by atoms with van der Waals surface area (Å²) in [5.74, 6) is -0.248. The molecule has 0 bridgehead atoms. The molecule has 88 valence electrons. The Morgan fingerprint density at radius 3 is 2.61 bits per heavy atom. The predicted octanol–water partition coefficient (Wildman–Crippen LogP) is 4.80. The zero-order chi connectivity index (χ0) is 12.5. The molecule has 0 amide bonds. The molecule has 0 aliphatic heterocycles. The Labute approximate surface area is 112 Å². The molecule has 3 aromatic rings. The quantitative estimate of drug-likeness (QED) is 0.629. The smallest absolute Gasteiger partial charge is 0.132 e. The van der Waals surface area contributed by atoms with Crippen LogP contribution in [0, 0.1) is 5.82 Å². The van der Waals surface area contributed by atoms with Crippen molar-refractivity contribution < 1.29 is 4.39 Å². The number of aromatic nitrogens is 1. The van der Waals surface area contributed by atoms with E-state index in [9.17, 15) is 4.39 Å². The summed E-state index contributed by atoms with van der Waals surface area (Å²) >= 11 is 3.26. The number of halogens is 2. The van der Waals surface area contributed by atoms with E-state index >= 15 is 0 Å². The molecule has 3 rings (SSSR count). The molecule has 0 saturated carbocycles. The molecule has 0 saturated heterocycles. The van der Waals surface area contributed by atoms with E-state index in [1.165, 1.54) is 6.07 Å². The lowest BCUT2D eigenvalue weighted by molar-refractivity contribution is 0.630. The van der Waals surface area contributed by atoms with Gasteiger partial charge in [-0.3, -0.25) is 4.98 Å². The van der Waals surface area contributed by atoms with Crippen LogP contribution in [0.1, 0.15) is 0 Å². The van der Waals surface area contributed by atoms with Crippen molar-refractivity contribution in [3.8, 4) is 11.1 Å². The summed E-state index contributed by atoms with van der Waals surface area (Å²) in [6.07, 6.45) is 3.49. The maximum absolute atomic E-state index is 14.0. The molecule has 1 aromatic heterocycles. The van der Waals surface area contributed by atoms with Crippen molar-refractivity contribution in [1.29, 1.82) is 0 Å². The van der Waals surface area contributed by atoms with Crippen LogP contribution in [0.4, 0.5) is 4.39 Å². The molecule has 0 unspecified atom stereocenters. The second kappa shape index (κ2) is 4.50. The van der Waals surface area contributed by atoms with Crippen LogP contribution in [-0.2, 0) is 0 Å². The summed E-state index contributed by atoms with van der Waals surface area (Å²) in [5, 5.41) is 2.02. The van der Waals surface area contributed by atoms with Gasteiger partial charge in [0, 0.05) is 33.4 Å². The van der Waals surface area contributed by atoms with Gasteiger partial charge in [-0.05, 0) is 17.5 Å². The highest BCUT2D eigenvalue weighted by Gasteiger charge is 2.09. The van der Waals surface area contributed by atoms with Crippen LogP contribution in [0.25, 0.3) is 21.9 Å². The summed E-state index contributed by atoms with van der Waals surface area (Å²) in [4.78, 5) is 4.17. The summed E-state index contributed by atoms with van der Waals surface area (Å²) in [6.45, 7) is 0. The Bertz CT molecular complexity index is 719. The summed E-state index contributed by atoms with van der Waals surface area (Å²) < 4.78 is 14.7. The Kier molecular flexibility index (Phi) is 2.84. The lowest BCUT2D eigenvalue weighted by Crippen LogP contribution is -1.87. The zero-order valence-corrected chi connectivity index (χ0v) is 11.0. The molecule has 0 spiro atoms. The van der Waals surface area contributed by atoms with E-state index in [1.807, 2.05) is 30.3 Å². The standard InChI is InChI=1S/C15H9BrFN/c16-11-5-6-13(15(17)7-11)14-9-18-8-10-3-1-2-4-12(10)14/h1-9H. The van der Waals surface area contributed by atoms with Gasteiger partial charge in [0.15, 0.2) is 0 Å². The Morgan fingerprint density at radius 2 is 1.78 bits per heavy atom.